The van der Waals surface area contributed by atoms with Crippen LogP contribution in [0, 0.1) is 41.4 Å². The summed E-state index contributed by atoms with van der Waals surface area (Å²) in [6.45, 7) is 11.4. The summed E-state index contributed by atoms with van der Waals surface area (Å²) in [5, 5.41) is 19.5. The lowest BCUT2D eigenvalue weighted by atomic mass is 9.53. The second-order valence-electron chi connectivity index (χ2n) is 9.34. The Morgan fingerprint density at radius 3 is 2.48 bits per heavy atom. The van der Waals surface area contributed by atoms with Gasteiger partial charge in [0.15, 0.2) is 0 Å². The monoisotopic (exact) mass is 374 g/mol. The van der Waals surface area contributed by atoms with Gasteiger partial charge in [0.05, 0.1) is 6.10 Å². The lowest BCUT2D eigenvalue weighted by Crippen LogP contribution is -2.48. The summed E-state index contributed by atoms with van der Waals surface area (Å²) in [5.74, 6) is 2.48. The van der Waals surface area contributed by atoms with E-state index in [1.165, 1.54) is 11.6 Å². The standard InChI is InChI=1S/C24H38O3/c1-15(2)10-11-16(3)23-18(5)14-20-21(25)13-12-17(4)24(20)19(23)8-6-7-9-22(26)27/h6-9,11,15,17-21,23-25H,10,12-14H2,1-5H3,(H,26,27)/b8-6+,9-7+,16-11-/t17-,18-,19?,20-,21-,23+,24-/m0/s1. The summed E-state index contributed by atoms with van der Waals surface area (Å²) in [6, 6.07) is 0. The predicted molar refractivity (Wildman–Crippen MR) is 111 cm³/mol. The van der Waals surface area contributed by atoms with E-state index >= 15 is 0 Å². The maximum Gasteiger partial charge on any atom is 0.328 e. The molecular formula is C24H38O3. The van der Waals surface area contributed by atoms with E-state index < -0.39 is 5.97 Å². The van der Waals surface area contributed by atoms with Gasteiger partial charge in [0.2, 0.25) is 0 Å². The molecule has 2 fully saturated rings. The van der Waals surface area contributed by atoms with Crippen molar-refractivity contribution in [2.24, 2.45) is 41.4 Å². The molecule has 0 bridgehead atoms. The van der Waals surface area contributed by atoms with Crippen LogP contribution >= 0.6 is 0 Å². The molecule has 0 aromatic heterocycles. The number of rotatable bonds is 6. The first-order valence-electron chi connectivity index (χ1n) is 10.6. The minimum atomic E-state index is -0.916. The Balaban J connectivity index is 2.36. The van der Waals surface area contributed by atoms with Crippen molar-refractivity contribution < 1.29 is 15.0 Å². The van der Waals surface area contributed by atoms with E-state index in [0.29, 0.717) is 41.4 Å². The van der Waals surface area contributed by atoms with Crippen molar-refractivity contribution in [3.8, 4) is 0 Å². The van der Waals surface area contributed by atoms with Gasteiger partial charge in [-0.15, -0.1) is 0 Å². The van der Waals surface area contributed by atoms with Crippen LogP contribution in [0.1, 0.15) is 60.3 Å². The fourth-order valence-corrected chi connectivity index (χ4v) is 5.58. The van der Waals surface area contributed by atoms with Crippen LogP contribution in [-0.4, -0.2) is 22.3 Å². The van der Waals surface area contributed by atoms with Gasteiger partial charge in [0.1, 0.15) is 0 Å². The van der Waals surface area contributed by atoms with Crippen LogP contribution in [0.3, 0.4) is 0 Å². The van der Waals surface area contributed by atoms with E-state index in [2.05, 4.69) is 46.8 Å². The number of fused-ring (bicyclic) bond motifs is 1. The van der Waals surface area contributed by atoms with Gasteiger partial charge < -0.3 is 10.2 Å². The smallest absolute Gasteiger partial charge is 0.328 e. The van der Waals surface area contributed by atoms with E-state index in [1.807, 2.05) is 6.08 Å². The van der Waals surface area contributed by atoms with Gasteiger partial charge in [-0.3, -0.25) is 0 Å². The zero-order chi connectivity index (χ0) is 20.1. The predicted octanol–water partition coefficient (Wildman–Crippen LogP) is 5.47. The molecule has 0 heterocycles. The van der Waals surface area contributed by atoms with Crippen molar-refractivity contribution >= 4 is 5.97 Å². The molecule has 2 aliphatic carbocycles. The molecule has 152 valence electrons. The normalized spacial score (nSPS) is 37.9. The number of hydrogen-bond donors (Lipinski definition) is 2. The third kappa shape index (κ3) is 5.57. The number of hydrogen-bond acceptors (Lipinski definition) is 2. The molecule has 27 heavy (non-hydrogen) atoms. The Bertz CT molecular complexity index is 586. The molecule has 0 radical (unpaired) electrons. The van der Waals surface area contributed by atoms with E-state index in [1.54, 1.807) is 6.08 Å². The van der Waals surface area contributed by atoms with Crippen LogP contribution in [0.4, 0.5) is 0 Å². The van der Waals surface area contributed by atoms with Crippen molar-refractivity contribution in [2.75, 3.05) is 0 Å². The Hall–Kier alpha value is -1.35. The average Bonchev–Trinajstić information content (AvgIpc) is 2.59. The molecule has 0 spiro atoms. The molecule has 2 rings (SSSR count). The maximum atomic E-state index is 10.8. The molecule has 1 unspecified atom stereocenters. The summed E-state index contributed by atoms with van der Waals surface area (Å²) in [7, 11) is 0. The number of aliphatic hydroxyl groups is 1. The van der Waals surface area contributed by atoms with Crippen LogP contribution < -0.4 is 0 Å². The number of carboxylic acid groups (broad SMARTS) is 1. The molecular weight excluding hydrogens is 336 g/mol. The van der Waals surface area contributed by atoms with E-state index in [0.717, 1.165) is 25.7 Å². The van der Waals surface area contributed by atoms with Gasteiger partial charge in [-0.25, -0.2) is 4.79 Å². The second-order valence-corrected chi connectivity index (χ2v) is 9.34. The van der Waals surface area contributed by atoms with Crippen LogP contribution in [0.2, 0.25) is 0 Å². The Morgan fingerprint density at radius 2 is 1.85 bits per heavy atom. The van der Waals surface area contributed by atoms with Gasteiger partial charge >= 0.3 is 5.97 Å². The van der Waals surface area contributed by atoms with Crippen molar-refractivity contribution in [1.82, 2.24) is 0 Å². The zero-order valence-electron chi connectivity index (χ0n) is 17.6. The number of allylic oxidation sites excluding steroid dienone is 5. The fourth-order valence-electron chi connectivity index (χ4n) is 5.58. The third-order valence-corrected chi connectivity index (χ3v) is 6.80. The molecule has 0 saturated heterocycles. The van der Waals surface area contributed by atoms with Gasteiger partial charge in [-0.2, -0.15) is 0 Å². The molecule has 0 amide bonds. The quantitative estimate of drug-likeness (QED) is 0.368. The number of carbonyl (C=O) groups is 1. The van der Waals surface area contributed by atoms with E-state index in [4.69, 9.17) is 5.11 Å². The summed E-state index contributed by atoms with van der Waals surface area (Å²) in [5.41, 5.74) is 1.46. The highest BCUT2D eigenvalue weighted by molar-refractivity contribution is 5.80. The highest BCUT2D eigenvalue weighted by Crippen LogP contribution is 2.53. The van der Waals surface area contributed by atoms with Gasteiger partial charge in [-0.1, -0.05) is 57.6 Å². The number of aliphatic carboxylic acids is 1. The Morgan fingerprint density at radius 1 is 1.15 bits per heavy atom. The van der Waals surface area contributed by atoms with Crippen molar-refractivity contribution in [3.05, 3.63) is 36.0 Å². The van der Waals surface area contributed by atoms with Crippen molar-refractivity contribution in [2.45, 2.75) is 66.4 Å². The summed E-state index contributed by atoms with van der Waals surface area (Å²) in [4.78, 5) is 10.8. The minimum absolute atomic E-state index is 0.194. The van der Waals surface area contributed by atoms with Crippen LogP contribution in [0.15, 0.2) is 36.0 Å². The number of carboxylic acids is 1. The van der Waals surface area contributed by atoms with Gasteiger partial charge in [0, 0.05) is 6.08 Å². The average molecular weight is 375 g/mol. The summed E-state index contributed by atoms with van der Waals surface area (Å²) in [6.07, 6.45) is 13.3. The molecule has 0 aromatic carbocycles. The molecule has 2 N–H and O–H groups in total. The zero-order valence-corrected chi connectivity index (χ0v) is 17.6. The maximum absolute atomic E-state index is 10.8. The van der Waals surface area contributed by atoms with Crippen LogP contribution in [0.25, 0.3) is 0 Å². The van der Waals surface area contributed by atoms with Crippen molar-refractivity contribution in [3.63, 3.8) is 0 Å². The van der Waals surface area contributed by atoms with E-state index in [9.17, 15) is 9.90 Å². The van der Waals surface area contributed by atoms with E-state index in [-0.39, 0.29) is 6.10 Å². The first-order chi connectivity index (χ1) is 12.7. The van der Waals surface area contributed by atoms with Gasteiger partial charge in [0.25, 0.3) is 0 Å². The number of aliphatic hydroxyl groups excluding tert-OH is 1. The van der Waals surface area contributed by atoms with Crippen LogP contribution in [0.5, 0.6) is 0 Å². The fraction of sp³-hybridized carbons (Fsp3) is 0.708. The van der Waals surface area contributed by atoms with Crippen molar-refractivity contribution in [1.29, 1.82) is 0 Å². The first-order valence-corrected chi connectivity index (χ1v) is 10.6. The first kappa shape index (κ1) is 21.9. The minimum Gasteiger partial charge on any atom is -0.478 e. The van der Waals surface area contributed by atoms with Gasteiger partial charge in [-0.05, 0) is 74.0 Å². The molecule has 3 heteroatoms. The highest BCUT2D eigenvalue weighted by atomic mass is 16.4. The molecule has 2 aliphatic rings. The summed E-state index contributed by atoms with van der Waals surface area (Å²) < 4.78 is 0. The highest BCUT2D eigenvalue weighted by Gasteiger charge is 2.48. The topological polar surface area (TPSA) is 57.5 Å². The third-order valence-electron chi connectivity index (χ3n) is 6.80. The molecule has 3 nitrogen and oxygen atoms in total. The Labute approximate surface area is 165 Å². The second kappa shape index (κ2) is 9.73. The summed E-state index contributed by atoms with van der Waals surface area (Å²) >= 11 is 0. The molecule has 0 aromatic rings. The SMILES string of the molecule is C/C(=C/CC(C)C)[C@H]1C(/C=C/C=C/C(=O)O)[C@H]2[C@@H](C[C@@H]1C)[C@@H](O)CC[C@@H]2C. The Kier molecular flexibility index (Phi) is 7.91. The molecule has 7 atom stereocenters. The lowest BCUT2D eigenvalue weighted by molar-refractivity contribution is -0.131. The molecule has 2 saturated carbocycles. The lowest BCUT2D eigenvalue weighted by Gasteiger charge is -2.52. The largest absolute Gasteiger partial charge is 0.478 e. The molecule has 0 aliphatic heterocycles. The van der Waals surface area contributed by atoms with Crippen LogP contribution in [-0.2, 0) is 4.79 Å².